The van der Waals surface area contributed by atoms with Crippen molar-refractivity contribution in [2.75, 3.05) is 20.6 Å². The van der Waals surface area contributed by atoms with Gasteiger partial charge in [0.25, 0.3) is 0 Å². The third-order valence-corrected chi connectivity index (χ3v) is 5.14. The predicted octanol–water partition coefficient (Wildman–Crippen LogP) is 5.49. The summed E-state index contributed by atoms with van der Waals surface area (Å²) >= 11 is 0. The zero-order valence-electron chi connectivity index (χ0n) is 18.9. The number of nitrogens with one attached hydrogen (secondary N) is 1. The summed E-state index contributed by atoms with van der Waals surface area (Å²) in [6.45, 7) is 8.55. The lowest BCUT2D eigenvalue weighted by Gasteiger charge is -2.19. The number of unbranched alkanes of at least 4 members (excludes halogenated alkanes) is 13. The SMILES string of the molecule is C=C(C)C(=O)OC(CCCCCCCCCCCCCCCC)C[NH+](C)C. The number of quaternary nitrogens is 1. The summed E-state index contributed by atoms with van der Waals surface area (Å²) in [5.41, 5.74) is 0.495. The van der Waals surface area contributed by atoms with Crippen LogP contribution in [0.4, 0.5) is 0 Å². The highest BCUT2D eigenvalue weighted by atomic mass is 16.5. The molecule has 0 aromatic rings. The highest BCUT2D eigenvalue weighted by Crippen LogP contribution is 2.14. The first-order valence-electron chi connectivity index (χ1n) is 11.6. The Kier molecular flexibility index (Phi) is 18.0. The Bertz CT molecular complexity index is 365. The molecule has 3 nitrogen and oxygen atoms in total. The molecule has 0 saturated heterocycles. The van der Waals surface area contributed by atoms with Crippen molar-refractivity contribution < 1.29 is 14.4 Å². The fourth-order valence-electron chi connectivity index (χ4n) is 3.48. The number of likely N-dealkylation sites (N-methyl/N-ethyl adjacent to an activating group) is 1. The van der Waals surface area contributed by atoms with E-state index in [1.165, 1.54) is 88.4 Å². The Morgan fingerprint density at radius 2 is 1.22 bits per heavy atom. The van der Waals surface area contributed by atoms with E-state index in [4.69, 9.17) is 4.74 Å². The van der Waals surface area contributed by atoms with Crippen molar-refractivity contribution in [3.63, 3.8) is 0 Å². The van der Waals surface area contributed by atoms with Crippen molar-refractivity contribution in [3.8, 4) is 0 Å². The Morgan fingerprint density at radius 3 is 1.59 bits per heavy atom. The maximum absolute atomic E-state index is 11.8. The van der Waals surface area contributed by atoms with Gasteiger partial charge in [-0.1, -0.05) is 97.0 Å². The number of esters is 1. The van der Waals surface area contributed by atoms with E-state index < -0.39 is 0 Å². The van der Waals surface area contributed by atoms with Gasteiger partial charge in [-0.2, -0.15) is 0 Å². The summed E-state index contributed by atoms with van der Waals surface area (Å²) < 4.78 is 5.58. The Labute approximate surface area is 169 Å². The molecule has 0 bridgehead atoms. The van der Waals surface area contributed by atoms with Crippen LogP contribution in [0, 0.1) is 0 Å². The monoisotopic (exact) mass is 382 g/mol. The molecule has 160 valence electrons. The lowest BCUT2D eigenvalue weighted by molar-refractivity contribution is -0.861. The Hall–Kier alpha value is -0.830. The van der Waals surface area contributed by atoms with Gasteiger partial charge in [-0.3, -0.25) is 0 Å². The number of carbonyl (C=O) groups is 1. The molecule has 0 aliphatic rings. The van der Waals surface area contributed by atoms with E-state index in [1.807, 2.05) is 0 Å². The van der Waals surface area contributed by atoms with Crippen molar-refractivity contribution in [1.29, 1.82) is 0 Å². The normalized spacial score (nSPS) is 12.3. The number of rotatable bonds is 19. The largest absolute Gasteiger partial charge is 0.453 e. The minimum absolute atomic E-state index is 0.0246. The highest BCUT2D eigenvalue weighted by molar-refractivity contribution is 5.87. The van der Waals surface area contributed by atoms with Gasteiger partial charge in [0.2, 0.25) is 0 Å². The van der Waals surface area contributed by atoms with Gasteiger partial charge in [-0.15, -0.1) is 0 Å². The lowest BCUT2D eigenvalue weighted by atomic mass is 10.0. The number of ether oxygens (including phenoxy) is 1. The average Bonchev–Trinajstić information content (AvgIpc) is 2.61. The summed E-state index contributed by atoms with van der Waals surface area (Å²) in [5, 5.41) is 0. The maximum atomic E-state index is 11.8. The molecule has 3 heteroatoms. The minimum Gasteiger partial charge on any atom is -0.453 e. The lowest BCUT2D eigenvalue weighted by Crippen LogP contribution is -3.07. The van der Waals surface area contributed by atoms with Crippen LogP contribution in [-0.2, 0) is 9.53 Å². The third-order valence-electron chi connectivity index (χ3n) is 5.14. The van der Waals surface area contributed by atoms with E-state index in [1.54, 1.807) is 6.92 Å². The van der Waals surface area contributed by atoms with Gasteiger partial charge < -0.3 is 9.64 Å². The summed E-state index contributed by atoms with van der Waals surface area (Å²) in [6, 6.07) is 0. The van der Waals surface area contributed by atoms with Crippen LogP contribution in [0.15, 0.2) is 12.2 Å². The number of hydrogen-bond acceptors (Lipinski definition) is 2. The first-order valence-corrected chi connectivity index (χ1v) is 11.6. The zero-order valence-corrected chi connectivity index (χ0v) is 18.9. The molecule has 0 aliphatic heterocycles. The van der Waals surface area contributed by atoms with Gasteiger partial charge in [-0.05, 0) is 19.8 Å². The third kappa shape index (κ3) is 18.3. The van der Waals surface area contributed by atoms with Crippen LogP contribution in [0.25, 0.3) is 0 Å². The molecular weight excluding hydrogens is 334 g/mol. The molecule has 0 heterocycles. The molecule has 0 rings (SSSR count). The van der Waals surface area contributed by atoms with Gasteiger partial charge >= 0.3 is 5.97 Å². The van der Waals surface area contributed by atoms with Crippen LogP contribution in [0.5, 0.6) is 0 Å². The molecule has 0 fully saturated rings. The predicted molar refractivity (Wildman–Crippen MR) is 117 cm³/mol. The molecule has 0 saturated carbocycles. The van der Waals surface area contributed by atoms with E-state index in [0.29, 0.717) is 5.57 Å². The summed E-state index contributed by atoms with van der Waals surface area (Å²) in [6.07, 6.45) is 20.2. The van der Waals surface area contributed by atoms with Gasteiger partial charge in [-0.25, -0.2) is 4.79 Å². The zero-order chi connectivity index (χ0) is 20.3. The molecular formula is C24H48NO2+. The van der Waals surface area contributed by atoms with Gasteiger partial charge in [0.1, 0.15) is 6.54 Å². The molecule has 0 aromatic carbocycles. The van der Waals surface area contributed by atoms with Crippen LogP contribution in [0.2, 0.25) is 0 Å². The Balaban J connectivity index is 3.53. The minimum atomic E-state index is -0.244. The first kappa shape index (κ1) is 26.2. The molecule has 0 spiro atoms. The fourth-order valence-corrected chi connectivity index (χ4v) is 3.48. The molecule has 0 radical (unpaired) electrons. The molecule has 1 N–H and O–H groups in total. The van der Waals surface area contributed by atoms with Crippen LogP contribution in [0.3, 0.4) is 0 Å². The molecule has 27 heavy (non-hydrogen) atoms. The second-order valence-corrected chi connectivity index (χ2v) is 8.60. The quantitative estimate of drug-likeness (QED) is 0.182. The average molecular weight is 383 g/mol. The van der Waals surface area contributed by atoms with E-state index in [2.05, 4.69) is 27.6 Å². The molecule has 0 aliphatic carbocycles. The second-order valence-electron chi connectivity index (χ2n) is 8.60. The van der Waals surface area contributed by atoms with Crippen molar-refractivity contribution >= 4 is 5.97 Å². The second kappa shape index (κ2) is 18.5. The number of hydrogen-bond donors (Lipinski definition) is 1. The Morgan fingerprint density at radius 1 is 0.815 bits per heavy atom. The van der Waals surface area contributed by atoms with Gasteiger partial charge in [0.05, 0.1) is 14.1 Å². The van der Waals surface area contributed by atoms with Crippen molar-refractivity contribution in [3.05, 3.63) is 12.2 Å². The molecule has 0 amide bonds. The van der Waals surface area contributed by atoms with Gasteiger partial charge in [0.15, 0.2) is 6.10 Å². The van der Waals surface area contributed by atoms with Crippen molar-refractivity contribution in [2.24, 2.45) is 0 Å². The van der Waals surface area contributed by atoms with E-state index in [0.717, 1.165) is 19.4 Å². The topological polar surface area (TPSA) is 30.7 Å². The maximum Gasteiger partial charge on any atom is 0.333 e. The van der Waals surface area contributed by atoms with Crippen LogP contribution in [0.1, 0.15) is 110 Å². The first-order chi connectivity index (χ1) is 13.0. The summed E-state index contributed by atoms with van der Waals surface area (Å²) in [5.74, 6) is -0.244. The standard InChI is InChI=1S/C24H47NO2/c1-6-7-8-9-10-11-12-13-14-15-16-17-18-19-20-23(21-25(4)5)27-24(26)22(2)3/h23H,2,6-21H2,1,3-5H3/p+1. The van der Waals surface area contributed by atoms with Crippen molar-refractivity contribution in [1.82, 2.24) is 0 Å². The van der Waals surface area contributed by atoms with Crippen LogP contribution in [-0.4, -0.2) is 32.7 Å². The van der Waals surface area contributed by atoms with E-state index >= 15 is 0 Å². The molecule has 1 atom stereocenters. The van der Waals surface area contributed by atoms with E-state index in [-0.39, 0.29) is 12.1 Å². The van der Waals surface area contributed by atoms with E-state index in [9.17, 15) is 4.79 Å². The van der Waals surface area contributed by atoms with Crippen LogP contribution < -0.4 is 4.90 Å². The smallest absolute Gasteiger partial charge is 0.333 e. The highest BCUT2D eigenvalue weighted by Gasteiger charge is 2.17. The van der Waals surface area contributed by atoms with Crippen LogP contribution >= 0.6 is 0 Å². The fraction of sp³-hybridized carbons (Fsp3) is 0.875. The van der Waals surface area contributed by atoms with Crippen molar-refractivity contribution in [2.45, 2.75) is 116 Å². The number of carbonyl (C=O) groups excluding carboxylic acids is 1. The molecule has 0 aromatic heterocycles. The summed E-state index contributed by atoms with van der Waals surface area (Å²) in [7, 11) is 4.21. The summed E-state index contributed by atoms with van der Waals surface area (Å²) in [4.78, 5) is 13.1. The molecule has 1 unspecified atom stereocenters. The van der Waals surface area contributed by atoms with Gasteiger partial charge in [0, 0.05) is 5.57 Å².